The van der Waals surface area contributed by atoms with Gasteiger partial charge in [0, 0.05) is 17.0 Å². The van der Waals surface area contributed by atoms with Crippen molar-refractivity contribution in [2.75, 3.05) is 0 Å². The van der Waals surface area contributed by atoms with E-state index in [2.05, 4.69) is 0 Å². The van der Waals surface area contributed by atoms with E-state index in [1.54, 1.807) is 12.1 Å². The molecule has 2 rings (SSSR count). The minimum atomic E-state index is -0.700. The van der Waals surface area contributed by atoms with Gasteiger partial charge < -0.3 is 9.84 Å². The third kappa shape index (κ3) is 2.97. The zero-order valence-electron chi connectivity index (χ0n) is 9.70. The molecule has 3 unspecified atom stereocenters. The topological polar surface area (TPSA) is 29.5 Å². The van der Waals surface area contributed by atoms with Crippen LogP contribution in [0.15, 0.2) is 18.2 Å². The molecule has 1 heterocycles. The van der Waals surface area contributed by atoms with Crippen LogP contribution in [0.4, 0.5) is 4.39 Å². The van der Waals surface area contributed by atoms with Gasteiger partial charge in [0.25, 0.3) is 0 Å². The molecule has 94 valence electrons. The van der Waals surface area contributed by atoms with Crippen LogP contribution in [0.2, 0.25) is 5.02 Å². The van der Waals surface area contributed by atoms with Crippen LogP contribution in [-0.4, -0.2) is 23.4 Å². The molecule has 0 radical (unpaired) electrons. The minimum Gasteiger partial charge on any atom is -0.390 e. The molecular formula is C13H16ClFO2. The van der Waals surface area contributed by atoms with E-state index in [4.69, 9.17) is 16.3 Å². The SMILES string of the molecule is CC1CCC(C(O)Cc2c(F)cccc2Cl)O1. The summed E-state index contributed by atoms with van der Waals surface area (Å²) in [6, 6.07) is 4.54. The average Bonchev–Trinajstić information content (AvgIpc) is 2.70. The Bertz CT molecular complexity index is 377. The maximum atomic E-state index is 13.5. The Morgan fingerprint density at radius 3 is 2.88 bits per heavy atom. The van der Waals surface area contributed by atoms with Crippen molar-refractivity contribution >= 4 is 11.6 Å². The van der Waals surface area contributed by atoms with Gasteiger partial charge in [0.15, 0.2) is 0 Å². The van der Waals surface area contributed by atoms with Gasteiger partial charge in [-0.3, -0.25) is 0 Å². The summed E-state index contributed by atoms with van der Waals surface area (Å²) in [5, 5.41) is 10.4. The number of aliphatic hydroxyl groups excluding tert-OH is 1. The van der Waals surface area contributed by atoms with Gasteiger partial charge >= 0.3 is 0 Å². The molecular weight excluding hydrogens is 243 g/mol. The van der Waals surface area contributed by atoms with Crippen LogP contribution in [-0.2, 0) is 11.2 Å². The predicted molar refractivity (Wildman–Crippen MR) is 64.7 cm³/mol. The number of aliphatic hydroxyl groups is 1. The second-order valence-electron chi connectivity index (χ2n) is 4.53. The van der Waals surface area contributed by atoms with Gasteiger partial charge in [-0.1, -0.05) is 17.7 Å². The molecule has 0 aromatic heterocycles. The quantitative estimate of drug-likeness (QED) is 0.903. The van der Waals surface area contributed by atoms with E-state index in [1.807, 2.05) is 6.92 Å². The maximum Gasteiger partial charge on any atom is 0.127 e. The zero-order valence-corrected chi connectivity index (χ0v) is 10.5. The van der Waals surface area contributed by atoms with E-state index in [9.17, 15) is 9.50 Å². The van der Waals surface area contributed by atoms with Crippen molar-refractivity contribution in [3.63, 3.8) is 0 Å². The number of halogens is 2. The monoisotopic (exact) mass is 258 g/mol. The summed E-state index contributed by atoms with van der Waals surface area (Å²) in [7, 11) is 0. The summed E-state index contributed by atoms with van der Waals surface area (Å²) >= 11 is 5.92. The molecule has 1 aliphatic heterocycles. The summed E-state index contributed by atoms with van der Waals surface area (Å²) in [4.78, 5) is 0. The second-order valence-corrected chi connectivity index (χ2v) is 4.94. The molecule has 17 heavy (non-hydrogen) atoms. The summed E-state index contributed by atoms with van der Waals surface area (Å²) in [5.74, 6) is -0.373. The first-order valence-corrected chi connectivity index (χ1v) is 6.22. The third-order valence-corrected chi connectivity index (χ3v) is 3.52. The van der Waals surface area contributed by atoms with Crippen LogP contribution in [0.5, 0.6) is 0 Å². The molecule has 0 aliphatic carbocycles. The van der Waals surface area contributed by atoms with Crippen molar-refractivity contribution in [1.82, 2.24) is 0 Å². The lowest BCUT2D eigenvalue weighted by Gasteiger charge is -2.19. The number of benzene rings is 1. The molecule has 0 spiro atoms. The molecule has 4 heteroatoms. The molecule has 1 N–H and O–H groups in total. The van der Waals surface area contributed by atoms with Crippen molar-refractivity contribution in [2.24, 2.45) is 0 Å². The van der Waals surface area contributed by atoms with E-state index < -0.39 is 6.10 Å². The number of ether oxygens (including phenoxy) is 1. The third-order valence-electron chi connectivity index (χ3n) is 3.17. The summed E-state index contributed by atoms with van der Waals surface area (Å²) in [6.45, 7) is 1.97. The fraction of sp³-hybridized carbons (Fsp3) is 0.538. The molecule has 1 saturated heterocycles. The highest BCUT2D eigenvalue weighted by molar-refractivity contribution is 6.31. The maximum absolute atomic E-state index is 13.5. The van der Waals surface area contributed by atoms with E-state index in [1.165, 1.54) is 6.07 Å². The molecule has 0 amide bonds. The molecule has 2 nitrogen and oxygen atoms in total. The minimum absolute atomic E-state index is 0.172. The molecule has 1 fully saturated rings. The van der Waals surface area contributed by atoms with Gasteiger partial charge in [-0.25, -0.2) is 4.39 Å². The normalized spacial score (nSPS) is 26.1. The Morgan fingerprint density at radius 2 is 2.29 bits per heavy atom. The lowest BCUT2D eigenvalue weighted by molar-refractivity contribution is -0.0281. The van der Waals surface area contributed by atoms with Crippen molar-refractivity contribution < 1.29 is 14.2 Å². The fourth-order valence-electron chi connectivity index (χ4n) is 2.18. The highest BCUT2D eigenvalue weighted by Crippen LogP contribution is 2.26. The van der Waals surface area contributed by atoms with Gasteiger partial charge in [-0.15, -0.1) is 0 Å². The fourth-order valence-corrected chi connectivity index (χ4v) is 2.42. The smallest absolute Gasteiger partial charge is 0.127 e. The van der Waals surface area contributed by atoms with E-state index in [0.717, 1.165) is 12.8 Å². The molecule has 1 aromatic carbocycles. The van der Waals surface area contributed by atoms with Gasteiger partial charge in [0.1, 0.15) is 5.82 Å². The summed E-state index contributed by atoms with van der Waals surface area (Å²) in [6.07, 6.45) is 1.21. The van der Waals surface area contributed by atoms with Gasteiger partial charge in [-0.05, 0) is 31.9 Å². The molecule has 1 aliphatic rings. The summed E-state index contributed by atoms with van der Waals surface area (Å²) < 4.78 is 19.1. The average molecular weight is 259 g/mol. The van der Waals surface area contributed by atoms with Crippen LogP contribution in [0.1, 0.15) is 25.3 Å². The van der Waals surface area contributed by atoms with Crippen molar-refractivity contribution in [3.8, 4) is 0 Å². The van der Waals surface area contributed by atoms with Crippen LogP contribution >= 0.6 is 11.6 Å². The molecule has 0 saturated carbocycles. The van der Waals surface area contributed by atoms with Crippen LogP contribution in [0, 0.1) is 5.82 Å². The Hall–Kier alpha value is -0.640. The first-order chi connectivity index (χ1) is 8.08. The Balaban J connectivity index is 2.05. The van der Waals surface area contributed by atoms with E-state index in [-0.39, 0.29) is 24.4 Å². The molecule has 0 bridgehead atoms. The Labute approximate surface area is 105 Å². The predicted octanol–water partition coefficient (Wildman–Crippen LogP) is 2.95. The van der Waals surface area contributed by atoms with Crippen LogP contribution in [0.25, 0.3) is 0 Å². The second kappa shape index (κ2) is 5.34. The first-order valence-electron chi connectivity index (χ1n) is 5.84. The van der Waals surface area contributed by atoms with Crippen LogP contribution < -0.4 is 0 Å². The van der Waals surface area contributed by atoms with Gasteiger partial charge in [-0.2, -0.15) is 0 Å². The van der Waals surface area contributed by atoms with Crippen molar-refractivity contribution in [3.05, 3.63) is 34.6 Å². The van der Waals surface area contributed by atoms with E-state index in [0.29, 0.717) is 10.6 Å². The number of rotatable bonds is 3. The molecule has 3 atom stereocenters. The summed E-state index contributed by atoms with van der Waals surface area (Å²) in [5.41, 5.74) is 0.366. The first kappa shape index (κ1) is 12.8. The van der Waals surface area contributed by atoms with E-state index >= 15 is 0 Å². The van der Waals surface area contributed by atoms with Gasteiger partial charge in [0.2, 0.25) is 0 Å². The standard InChI is InChI=1S/C13H16ClFO2/c1-8-5-6-13(17-8)12(16)7-9-10(14)3-2-4-11(9)15/h2-4,8,12-13,16H,5-7H2,1H3. The lowest BCUT2D eigenvalue weighted by Crippen LogP contribution is -2.28. The zero-order chi connectivity index (χ0) is 12.4. The van der Waals surface area contributed by atoms with Crippen LogP contribution in [0.3, 0.4) is 0 Å². The van der Waals surface area contributed by atoms with Gasteiger partial charge in [0.05, 0.1) is 18.3 Å². The van der Waals surface area contributed by atoms with Crippen molar-refractivity contribution in [1.29, 1.82) is 0 Å². The van der Waals surface area contributed by atoms with Crippen molar-refractivity contribution in [2.45, 2.75) is 44.5 Å². The highest BCUT2D eigenvalue weighted by Gasteiger charge is 2.29. The Kier molecular flexibility index (Phi) is 4.02. The number of hydrogen-bond donors (Lipinski definition) is 1. The molecule has 1 aromatic rings. The Morgan fingerprint density at radius 1 is 1.53 bits per heavy atom. The largest absolute Gasteiger partial charge is 0.390 e. The lowest BCUT2D eigenvalue weighted by atomic mass is 10.0. The highest BCUT2D eigenvalue weighted by atomic mass is 35.5. The number of hydrogen-bond acceptors (Lipinski definition) is 2.